The minimum absolute atomic E-state index is 0.175. The van der Waals surface area contributed by atoms with Crippen LogP contribution in [-0.4, -0.2) is 29.3 Å². The predicted molar refractivity (Wildman–Crippen MR) is 55.6 cm³/mol. The van der Waals surface area contributed by atoms with E-state index in [0.29, 0.717) is 5.65 Å². The number of aromatic nitrogens is 3. The molecule has 0 aromatic carbocycles. The van der Waals surface area contributed by atoms with Crippen molar-refractivity contribution in [3.8, 4) is 0 Å². The molecule has 0 N–H and O–H groups in total. The van der Waals surface area contributed by atoms with Gasteiger partial charge in [0.25, 0.3) is 0 Å². The molecule has 0 aliphatic carbocycles. The molecule has 6 heteroatoms. The van der Waals surface area contributed by atoms with E-state index < -0.39 is 9.84 Å². The van der Waals surface area contributed by atoms with Crippen LogP contribution in [0.2, 0.25) is 0 Å². The van der Waals surface area contributed by atoms with E-state index in [9.17, 15) is 8.42 Å². The van der Waals surface area contributed by atoms with Gasteiger partial charge in [0.15, 0.2) is 15.5 Å². The van der Waals surface area contributed by atoms with Crippen LogP contribution in [0, 0.1) is 13.8 Å². The van der Waals surface area contributed by atoms with Crippen molar-refractivity contribution in [2.24, 2.45) is 0 Å². The van der Waals surface area contributed by atoms with Crippen molar-refractivity contribution in [3.05, 3.63) is 23.7 Å². The molecule has 0 aliphatic heterocycles. The first kappa shape index (κ1) is 10.1. The lowest BCUT2D eigenvalue weighted by molar-refractivity contribution is 0.602. The van der Waals surface area contributed by atoms with Crippen molar-refractivity contribution < 1.29 is 8.42 Å². The summed E-state index contributed by atoms with van der Waals surface area (Å²) in [6.45, 7) is 3.69. The number of nitrogens with zero attached hydrogens (tertiary/aromatic N) is 3. The summed E-state index contributed by atoms with van der Waals surface area (Å²) in [4.78, 5) is 4.36. The third kappa shape index (κ3) is 1.61. The number of sulfone groups is 1. The first-order valence-electron chi connectivity index (χ1n) is 4.41. The summed E-state index contributed by atoms with van der Waals surface area (Å²) in [5.41, 5.74) is 2.05. The normalized spacial score (nSPS) is 12.2. The molecule has 2 aromatic heterocycles. The topological polar surface area (TPSA) is 64.3 Å². The highest BCUT2D eigenvalue weighted by molar-refractivity contribution is 7.90. The van der Waals surface area contributed by atoms with Gasteiger partial charge in [0, 0.05) is 17.6 Å². The van der Waals surface area contributed by atoms with Crippen LogP contribution < -0.4 is 0 Å². The van der Waals surface area contributed by atoms with Crippen LogP contribution in [0.5, 0.6) is 0 Å². The van der Waals surface area contributed by atoms with Gasteiger partial charge in [-0.1, -0.05) is 0 Å². The van der Waals surface area contributed by atoms with Crippen molar-refractivity contribution in [1.29, 1.82) is 0 Å². The summed E-state index contributed by atoms with van der Waals surface area (Å²) >= 11 is 0. The number of hydrogen-bond donors (Lipinski definition) is 0. The lowest BCUT2D eigenvalue weighted by Gasteiger charge is -2.01. The maximum Gasteiger partial charge on any atom is 0.180 e. The largest absolute Gasteiger partial charge is 0.233 e. The monoisotopic (exact) mass is 225 g/mol. The Morgan fingerprint density at radius 1 is 1.33 bits per heavy atom. The van der Waals surface area contributed by atoms with E-state index in [-0.39, 0.29) is 4.90 Å². The van der Waals surface area contributed by atoms with Gasteiger partial charge in [-0.25, -0.2) is 17.9 Å². The molecule has 0 unspecified atom stereocenters. The smallest absolute Gasteiger partial charge is 0.180 e. The van der Waals surface area contributed by atoms with Gasteiger partial charge >= 0.3 is 0 Å². The average Bonchev–Trinajstić information content (AvgIpc) is 2.45. The van der Waals surface area contributed by atoms with Gasteiger partial charge in [-0.05, 0) is 19.9 Å². The molecule has 5 nitrogen and oxygen atoms in total. The Labute approximate surface area is 87.7 Å². The summed E-state index contributed by atoms with van der Waals surface area (Å²) in [6.07, 6.45) is 2.49. The van der Waals surface area contributed by atoms with Gasteiger partial charge in [0.2, 0.25) is 0 Å². The molecule has 80 valence electrons. The zero-order valence-corrected chi connectivity index (χ0v) is 9.54. The number of aryl methyl sites for hydroxylation is 2. The fraction of sp³-hybridized carbons (Fsp3) is 0.333. The summed E-state index contributed by atoms with van der Waals surface area (Å²) in [5.74, 6) is 0. The zero-order chi connectivity index (χ0) is 11.2. The van der Waals surface area contributed by atoms with Crippen molar-refractivity contribution >= 4 is 15.5 Å². The molecule has 0 spiro atoms. The van der Waals surface area contributed by atoms with Crippen LogP contribution in [0.3, 0.4) is 0 Å². The minimum atomic E-state index is -3.27. The van der Waals surface area contributed by atoms with Crippen LogP contribution in [-0.2, 0) is 9.84 Å². The zero-order valence-electron chi connectivity index (χ0n) is 8.72. The van der Waals surface area contributed by atoms with E-state index in [1.54, 1.807) is 0 Å². The van der Waals surface area contributed by atoms with Gasteiger partial charge in [0.1, 0.15) is 4.90 Å². The summed E-state index contributed by atoms with van der Waals surface area (Å²) in [7, 11) is -3.27. The Morgan fingerprint density at radius 3 is 2.60 bits per heavy atom. The molecular formula is C9H11N3O2S. The van der Waals surface area contributed by atoms with E-state index in [1.165, 1.54) is 10.7 Å². The second kappa shape index (κ2) is 3.03. The lowest BCUT2D eigenvalue weighted by Crippen LogP contribution is -2.01. The van der Waals surface area contributed by atoms with Crippen molar-refractivity contribution in [1.82, 2.24) is 14.6 Å². The molecule has 0 fully saturated rings. The van der Waals surface area contributed by atoms with Crippen LogP contribution >= 0.6 is 0 Å². The number of fused-ring (bicyclic) bond motifs is 1. The standard InChI is InChI=1S/C9H11N3O2S/c1-6-4-7(2)12-9(11-6)8(5-10-12)15(3,13)14/h4-5H,1-3H3. The summed E-state index contributed by atoms with van der Waals surface area (Å²) in [6, 6.07) is 1.85. The first-order valence-corrected chi connectivity index (χ1v) is 6.31. The lowest BCUT2D eigenvalue weighted by atomic mass is 10.3. The molecule has 0 aliphatic rings. The molecule has 0 saturated heterocycles. The third-order valence-corrected chi connectivity index (χ3v) is 3.23. The van der Waals surface area contributed by atoms with Crippen LogP contribution in [0.4, 0.5) is 0 Å². The second-order valence-corrected chi connectivity index (χ2v) is 5.54. The predicted octanol–water partition coefficient (Wildman–Crippen LogP) is 0.750. The Kier molecular flexibility index (Phi) is 2.04. The highest BCUT2D eigenvalue weighted by atomic mass is 32.2. The fourth-order valence-corrected chi connectivity index (χ4v) is 2.21. The Bertz CT molecular complexity index is 628. The van der Waals surface area contributed by atoms with Crippen molar-refractivity contribution in [2.45, 2.75) is 18.7 Å². The van der Waals surface area contributed by atoms with E-state index in [1.807, 2.05) is 19.9 Å². The number of rotatable bonds is 1. The van der Waals surface area contributed by atoms with Gasteiger partial charge in [-0.15, -0.1) is 0 Å². The van der Waals surface area contributed by atoms with E-state index in [4.69, 9.17) is 0 Å². The van der Waals surface area contributed by atoms with Gasteiger partial charge in [-0.2, -0.15) is 5.10 Å². The second-order valence-electron chi connectivity index (χ2n) is 3.56. The maximum atomic E-state index is 11.4. The van der Waals surface area contributed by atoms with Crippen LogP contribution in [0.1, 0.15) is 11.4 Å². The maximum absolute atomic E-state index is 11.4. The molecule has 2 rings (SSSR count). The number of hydrogen-bond acceptors (Lipinski definition) is 4. The molecular weight excluding hydrogens is 214 g/mol. The molecule has 0 saturated carbocycles. The molecule has 0 amide bonds. The van der Waals surface area contributed by atoms with Crippen LogP contribution in [0.15, 0.2) is 17.2 Å². The molecule has 15 heavy (non-hydrogen) atoms. The highest BCUT2D eigenvalue weighted by Gasteiger charge is 2.16. The first-order chi connectivity index (χ1) is 6.89. The Balaban J connectivity index is 2.92. The van der Waals surface area contributed by atoms with Gasteiger partial charge < -0.3 is 0 Å². The molecule has 0 bridgehead atoms. The molecule has 0 atom stereocenters. The van der Waals surface area contributed by atoms with Crippen LogP contribution in [0.25, 0.3) is 5.65 Å². The van der Waals surface area contributed by atoms with Crippen molar-refractivity contribution in [2.75, 3.05) is 6.26 Å². The Morgan fingerprint density at radius 2 is 2.00 bits per heavy atom. The average molecular weight is 225 g/mol. The molecule has 2 heterocycles. The van der Waals surface area contributed by atoms with Gasteiger partial charge in [0.05, 0.1) is 6.20 Å². The Hall–Kier alpha value is -1.43. The van der Waals surface area contributed by atoms with E-state index in [0.717, 1.165) is 17.6 Å². The molecule has 0 radical (unpaired) electrons. The summed E-state index contributed by atoms with van der Waals surface area (Å²) < 4.78 is 24.4. The minimum Gasteiger partial charge on any atom is -0.233 e. The SMILES string of the molecule is Cc1cc(C)n2ncc(S(C)(=O)=O)c2n1. The molecule has 2 aromatic rings. The van der Waals surface area contributed by atoms with Gasteiger partial charge in [-0.3, -0.25) is 0 Å². The van der Waals surface area contributed by atoms with E-state index in [2.05, 4.69) is 10.1 Å². The van der Waals surface area contributed by atoms with E-state index >= 15 is 0 Å². The quantitative estimate of drug-likeness (QED) is 0.718. The fourth-order valence-electron chi connectivity index (χ4n) is 1.51. The highest BCUT2D eigenvalue weighted by Crippen LogP contribution is 2.16. The van der Waals surface area contributed by atoms with Crippen molar-refractivity contribution in [3.63, 3.8) is 0 Å². The third-order valence-electron chi connectivity index (χ3n) is 2.15. The summed E-state index contributed by atoms with van der Waals surface area (Å²) in [5, 5.41) is 4.00.